The van der Waals surface area contributed by atoms with Crippen LogP contribution in [-0.4, -0.2) is 50.6 Å². The van der Waals surface area contributed by atoms with Gasteiger partial charge in [-0.3, -0.25) is 9.78 Å². The van der Waals surface area contributed by atoms with E-state index in [2.05, 4.69) is 25.3 Å². The summed E-state index contributed by atoms with van der Waals surface area (Å²) >= 11 is 0. The highest BCUT2D eigenvalue weighted by atomic mass is 32.2. The molecule has 9 nitrogen and oxygen atoms in total. The number of aromatic nitrogens is 4. The summed E-state index contributed by atoms with van der Waals surface area (Å²) < 4.78 is 120. The van der Waals surface area contributed by atoms with E-state index >= 15 is 0 Å². The number of alkyl halides is 6. The van der Waals surface area contributed by atoms with Crippen LogP contribution in [0.2, 0.25) is 0 Å². The maximum Gasteiger partial charge on any atom is 0.451 e. The Morgan fingerprint density at radius 3 is 2.30 bits per heavy atom. The first-order valence-corrected chi connectivity index (χ1v) is 12.9. The van der Waals surface area contributed by atoms with Gasteiger partial charge in [0.05, 0.1) is 11.3 Å². The summed E-state index contributed by atoms with van der Waals surface area (Å²) in [7, 11) is -4.58. The van der Waals surface area contributed by atoms with E-state index in [1.54, 1.807) is 0 Å². The molecule has 2 atom stereocenters. The molecule has 1 saturated heterocycles. The summed E-state index contributed by atoms with van der Waals surface area (Å²) in [5, 5.41) is 1.39. The standard InChI is InChI=1S/C23H19F7N6O3S/c1-12-4-5-18(36(12)40(38,39)20-16(24)3-2-6-31-20)19(37)33-8-13-7-17(32-11-15(13)22(25,26)27)14-9-34-21(35-10-14)23(28,29)30/h2-3,6-7,9-12,18H,4-5,8H2,1H3,(H,33,37)/t12-,18-/m0/s1. The van der Waals surface area contributed by atoms with Gasteiger partial charge in [0.2, 0.25) is 16.8 Å². The number of hydrogen-bond donors (Lipinski definition) is 1. The highest BCUT2D eigenvalue weighted by Gasteiger charge is 2.45. The van der Waals surface area contributed by atoms with Crippen molar-refractivity contribution in [1.82, 2.24) is 29.6 Å². The van der Waals surface area contributed by atoms with Gasteiger partial charge in [-0.1, -0.05) is 0 Å². The molecule has 3 aromatic rings. The third-order valence-corrected chi connectivity index (χ3v) is 8.06. The Balaban J connectivity index is 1.60. The Morgan fingerprint density at radius 1 is 1.02 bits per heavy atom. The third-order valence-electron chi connectivity index (χ3n) is 6.10. The van der Waals surface area contributed by atoms with E-state index in [9.17, 15) is 43.9 Å². The smallest absolute Gasteiger partial charge is 0.351 e. The Morgan fingerprint density at radius 2 is 1.70 bits per heavy atom. The number of rotatable bonds is 6. The monoisotopic (exact) mass is 592 g/mol. The summed E-state index contributed by atoms with van der Waals surface area (Å²) in [5.74, 6) is -3.52. The molecule has 0 saturated carbocycles. The van der Waals surface area contributed by atoms with E-state index in [-0.39, 0.29) is 24.1 Å². The van der Waals surface area contributed by atoms with Crippen LogP contribution in [0.25, 0.3) is 11.3 Å². The lowest BCUT2D eigenvalue weighted by molar-refractivity contribution is -0.145. The van der Waals surface area contributed by atoms with Crippen LogP contribution in [0.1, 0.15) is 36.7 Å². The zero-order chi connectivity index (χ0) is 29.5. The zero-order valence-electron chi connectivity index (χ0n) is 20.3. The van der Waals surface area contributed by atoms with Crippen molar-refractivity contribution in [1.29, 1.82) is 0 Å². The molecule has 40 heavy (non-hydrogen) atoms. The van der Waals surface area contributed by atoms with Gasteiger partial charge >= 0.3 is 12.4 Å². The van der Waals surface area contributed by atoms with Gasteiger partial charge < -0.3 is 5.32 Å². The van der Waals surface area contributed by atoms with Gasteiger partial charge in [0, 0.05) is 42.9 Å². The Labute approximate surface area is 222 Å². The van der Waals surface area contributed by atoms with E-state index in [0.717, 1.165) is 35.0 Å². The molecular weight excluding hydrogens is 573 g/mol. The second-order valence-electron chi connectivity index (χ2n) is 8.80. The van der Waals surface area contributed by atoms with Gasteiger partial charge in [0.15, 0.2) is 5.82 Å². The number of amides is 1. The second kappa shape index (κ2) is 10.7. The molecule has 0 unspecified atom stereocenters. The Bertz CT molecular complexity index is 1510. The fourth-order valence-corrected chi connectivity index (χ4v) is 6.06. The van der Waals surface area contributed by atoms with Crippen molar-refractivity contribution >= 4 is 15.9 Å². The van der Waals surface area contributed by atoms with E-state index < -0.39 is 74.7 Å². The Hall–Kier alpha value is -3.73. The maximum atomic E-state index is 14.2. The topological polar surface area (TPSA) is 118 Å². The van der Waals surface area contributed by atoms with Crippen molar-refractivity contribution in [3.63, 3.8) is 0 Å². The molecule has 0 aliphatic carbocycles. The predicted molar refractivity (Wildman–Crippen MR) is 123 cm³/mol. The van der Waals surface area contributed by atoms with Gasteiger partial charge in [0.25, 0.3) is 10.0 Å². The number of carbonyl (C=O) groups is 1. The molecule has 1 fully saturated rings. The van der Waals surface area contributed by atoms with Gasteiger partial charge in [-0.25, -0.2) is 27.8 Å². The number of carbonyl (C=O) groups excluding carboxylic acids is 1. The number of halogens is 7. The summed E-state index contributed by atoms with van der Waals surface area (Å²) in [6.45, 7) is 0.760. The quantitative estimate of drug-likeness (QED) is 0.431. The fourth-order valence-electron chi connectivity index (χ4n) is 4.24. The average molecular weight is 592 g/mol. The lowest BCUT2D eigenvalue weighted by Gasteiger charge is -2.26. The number of pyridine rings is 2. The normalized spacial score (nSPS) is 18.6. The predicted octanol–water partition coefficient (Wildman–Crippen LogP) is 3.97. The first kappa shape index (κ1) is 29.3. The van der Waals surface area contributed by atoms with E-state index in [4.69, 9.17) is 0 Å². The molecule has 1 N–H and O–H groups in total. The summed E-state index contributed by atoms with van der Waals surface area (Å²) in [6, 6.07) is 0.881. The number of sulfonamides is 1. The fraction of sp³-hybridized carbons (Fsp3) is 0.348. The van der Waals surface area contributed by atoms with E-state index in [1.165, 1.54) is 13.0 Å². The molecule has 0 aromatic carbocycles. The van der Waals surface area contributed by atoms with Crippen molar-refractivity contribution < 1.29 is 43.9 Å². The lowest BCUT2D eigenvalue weighted by Crippen LogP contribution is -2.48. The summed E-state index contributed by atoms with van der Waals surface area (Å²) in [6.07, 6.45) is -6.51. The minimum atomic E-state index is -4.91. The van der Waals surface area contributed by atoms with E-state index in [1.807, 2.05) is 0 Å². The molecule has 214 valence electrons. The average Bonchev–Trinajstić information content (AvgIpc) is 3.28. The largest absolute Gasteiger partial charge is 0.451 e. The summed E-state index contributed by atoms with van der Waals surface area (Å²) in [4.78, 5) is 26.6. The molecule has 4 rings (SSSR count). The van der Waals surface area contributed by atoms with Crippen LogP contribution in [0.15, 0.2) is 48.0 Å². The molecular formula is C23H19F7N6O3S. The van der Waals surface area contributed by atoms with Gasteiger partial charge in [-0.2, -0.15) is 30.6 Å². The second-order valence-corrected chi connectivity index (χ2v) is 10.6. The first-order chi connectivity index (χ1) is 18.6. The maximum absolute atomic E-state index is 14.2. The van der Waals surface area contributed by atoms with Crippen molar-refractivity contribution in [3.05, 3.63) is 65.8 Å². The lowest BCUT2D eigenvalue weighted by atomic mass is 10.1. The molecule has 0 radical (unpaired) electrons. The van der Waals surface area contributed by atoms with Crippen molar-refractivity contribution in [2.45, 2.75) is 55.8 Å². The molecule has 1 aliphatic rings. The molecule has 1 aliphatic heterocycles. The van der Waals surface area contributed by atoms with Crippen LogP contribution in [-0.2, 0) is 33.7 Å². The minimum absolute atomic E-state index is 0.0112. The molecule has 3 aromatic heterocycles. The molecule has 1 amide bonds. The minimum Gasteiger partial charge on any atom is -0.351 e. The van der Waals surface area contributed by atoms with Crippen LogP contribution >= 0.6 is 0 Å². The zero-order valence-corrected chi connectivity index (χ0v) is 21.1. The van der Waals surface area contributed by atoms with Crippen LogP contribution in [0, 0.1) is 5.82 Å². The molecule has 0 spiro atoms. The van der Waals surface area contributed by atoms with Gasteiger partial charge in [-0.15, -0.1) is 0 Å². The molecule has 17 heteroatoms. The first-order valence-electron chi connectivity index (χ1n) is 11.5. The summed E-state index contributed by atoms with van der Waals surface area (Å²) in [5.41, 5.74) is -2.05. The van der Waals surface area contributed by atoms with Crippen LogP contribution in [0.5, 0.6) is 0 Å². The van der Waals surface area contributed by atoms with Crippen molar-refractivity contribution in [3.8, 4) is 11.3 Å². The van der Waals surface area contributed by atoms with Crippen molar-refractivity contribution in [2.75, 3.05) is 0 Å². The molecule has 0 bridgehead atoms. The molecule has 4 heterocycles. The highest BCUT2D eigenvalue weighted by molar-refractivity contribution is 7.89. The highest BCUT2D eigenvalue weighted by Crippen LogP contribution is 2.35. The van der Waals surface area contributed by atoms with Gasteiger partial charge in [0.1, 0.15) is 6.04 Å². The van der Waals surface area contributed by atoms with Crippen molar-refractivity contribution in [2.24, 2.45) is 0 Å². The number of nitrogens with zero attached hydrogens (tertiary/aromatic N) is 5. The third kappa shape index (κ3) is 5.89. The SMILES string of the molecule is C[C@H]1CC[C@@H](C(=O)NCc2cc(-c3cnc(C(F)(F)F)nc3)ncc2C(F)(F)F)N1S(=O)(=O)c1ncccc1F. The number of hydrogen-bond acceptors (Lipinski definition) is 7. The Kier molecular flexibility index (Phi) is 7.81. The van der Waals surface area contributed by atoms with E-state index in [0.29, 0.717) is 6.20 Å². The number of nitrogens with one attached hydrogen (secondary N) is 1. The van der Waals surface area contributed by atoms with Crippen LogP contribution < -0.4 is 5.32 Å². The van der Waals surface area contributed by atoms with Crippen LogP contribution in [0.3, 0.4) is 0 Å². The van der Waals surface area contributed by atoms with Crippen LogP contribution in [0.4, 0.5) is 30.7 Å². The van der Waals surface area contributed by atoms with Gasteiger partial charge in [-0.05, 0) is 43.5 Å².